The molecular formula is C4HBrFN2. The van der Waals surface area contributed by atoms with E-state index in [4.69, 9.17) is 0 Å². The van der Waals surface area contributed by atoms with E-state index in [9.17, 15) is 4.39 Å². The number of aromatic nitrogens is 2. The lowest BCUT2D eigenvalue weighted by atomic mass is 10.6. The Kier molecular flexibility index (Phi) is 1.53. The summed E-state index contributed by atoms with van der Waals surface area (Å²) < 4.78 is 12.3. The Bertz CT molecular complexity index is 153. The van der Waals surface area contributed by atoms with Crippen molar-refractivity contribution in [1.29, 1.82) is 0 Å². The van der Waals surface area contributed by atoms with Gasteiger partial charge < -0.3 is 0 Å². The largest absolute Gasteiger partial charge is 0.234 e. The van der Waals surface area contributed by atoms with E-state index in [0.29, 0.717) is 4.60 Å². The summed E-state index contributed by atoms with van der Waals surface area (Å²) in [5, 5.41) is 6.40. The molecule has 41 valence electrons. The van der Waals surface area contributed by atoms with Crippen LogP contribution >= 0.6 is 15.9 Å². The molecule has 1 rings (SSSR count). The fourth-order valence-electron chi connectivity index (χ4n) is 0.269. The molecule has 0 unspecified atom stereocenters. The van der Waals surface area contributed by atoms with Gasteiger partial charge in [-0.1, -0.05) is 0 Å². The Labute approximate surface area is 53.9 Å². The molecule has 4 heteroatoms. The first kappa shape index (κ1) is 5.62. The van der Waals surface area contributed by atoms with Crippen LogP contribution in [0.3, 0.4) is 0 Å². The molecule has 0 aliphatic carbocycles. The normalized spacial score (nSPS) is 9.25. The maximum Gasteiger partial charge on any atom is 0.234 e. The van der Waals surface area contributed by atoms with Crippen molar-refractivity contribution < 1.29 is 4.39 Å². The van der Waals surface area contributed by atoms with Crippen LogP contribution in [0.25, 0.3) is 0 Å². The van der Waals surface area contributed by atoms with E-state index in [1.54, 1.807) is 0 Å². The molecule has 8 heavy (non-hydrogen) atoms. The highest BCUT2D eigenvalue weighted by Gasteiger charge is 1.89. The van der Waals surface area contributed by atoms with E-state index in [0.717, 1.165) is 6.07 Å². The average Bonchev–Trinajstić information content (AvgIpc) is 1.77. The topological polar surface area (TPSA) is 25.8 Å². The molecule has 0 saturated carbocycles. The maximum atomic E-state index is 11.9. The summed E-state index contributed by atoms with van der Waals surface area (Å²) >= 11 is 2.95. The van der Waals surface area contributed by atoms with Crippen LogP contribution in [0.15, 0.2) is 10.7 Å². The maximum absolute atomic E-state index is 11.9. The van der Waals surface area contributed by atoms with Crippen LogP contribution < -0.4 is 0 Å². The molecular weight excluding hydrogens is 175 g/mol. The highest BCUT2D eigenvalue weighted by molar-refractivity contribution is 9.10. The summed E-state index contributed by atoms with van der Waals surface area (Å²) in [5.41, 5.74) is 0. The second kappa shape index (κ2) is 2.17. The van der Waals surface area contributed by atoms with Gasteiger partial charge in [-0.05, 0) is 15.9 Å². The van der Waals surface area contributed by atoms with Gasteiger partial charge >= 0.3 is 0 Å². The third-order valence-corrected chi connectivity index (χ3v) is 0.931. The smallest absolute Gasteiger partial charge is 0.183 e. The summed E-state index contributed by atoms with van der Waals surface area (Å²) in [5.74, 6) is -0.617. The van der Waals surface area contributed by atoms with Gasteiger partial charge in [-0.15, -0.1) is 10.2 Å². The van der Waals surface area contributed by atoms with E-state index >= 15 is 0 Å². The monoisotopic (exact) mass is 175 g/mol. The Morgan fingerprint density at radius 1 is 1.62 bits per heavy atom. The molecule has 2 nitrogen and oxygen atoms in total. The van der Waals surface area contributed by atoms with E-state index < -0.39 is 5.95 Å². The van der Waals surface area contributed by atoms with Crippen LogP contribution in [0.2, 0.25) is 0 Å². The number of nitrogens with zero attached hydrogens (tertiary/aromatic N) is 2. The quantitative estimate of drug-likeness (QED) is 0.592. The van der Waals surface area contributed by atoms with Crippen molar-refractivity contribution >= 4 is 15.9 Å². The van der Waals surface area contributed by atoms with Gasteiger partial charge in [-0.2, -0.15) is 4.39 Å². The molecule has 0 aliphatic rings. The van der Waals surface area contributed by atoms with Gasteiger partial charge in [-0.25, -0.2) is 0 Å². The SMILES string of the molecule is Fc1c[c]c(Br)nn1. The number of hydrogen-bond donors (Lipinski definition) is 0. The summed E-state index contributed by atoms with van der Waals surface area (Å²) in [4.78, 5) is 0. The van der Waals surface area contributed by atoms with Crippen LogP contribution in [0.4, 0.5) is 4.39 Å². The molecule has 0 atom stereocenters. The Morgan fingerprint density at radius 2 is 2.38 bits per heavy atom. The molecule has 1 heterocycles. The van der Waals surface area contributed by atoms with E-state index in [1.165, 1.54) is 0 Å². The summed E-state index contributed by atoms with van der Waals surface area (Å²) in [6, 6.07) is 3.58. The number of halogens is 2. The van der Waals surface area contributed by atoms with Crippen LogP contribution in [-0.4, -0.2) is 10.2 Å². The molecule has 1 aromatic heterocycles. The number of rotatable bonds is 0. The van der Waals surface area contributed by atoms with Crippen LogP contribution in [0, 0.1) is 12.0 Å². The molecule has 1 aromatic rings. The minimum Gasteiger partial charge on any atom is -0.183 e. The highest BCUT2D eigenvalue weighted by atomic mass is 79.9. The predicted molar refractivity (Wildman–Crippen MR) is 28.5 cm³/mol. The van der Waals surface area contributed by atoms with Gasteiger partial charge in [0.05, 0.1) is 0 Å². The van der Waals surface area contributed by atoms with Gasteiger partial charge in [-0.3, -0.25) is 0 Å². The third kappa shape index (κ3) is 1.23. The minimum absolute atomic E-state index is 0.416. The zero-order chi connectivity index (χ0) is 5.98. The standard InChI is InChI=1S/C4HBrFN2/c5-3-1-2-4(6)8-7-3/h2H. The molecule has 1 radical (unpaired) electrons. The summed E-state index contributed by atoms with van der Waals surface area (Å²) in [6.45, 7) is 0. The van der Waals surface area contributed by atoms with Crippen molar-refractivity contribution in [2.45, 2.75) is 0 Å². The Hall–Kier alpha value is -0.510. The lowest BCUT2D eigenvalue weighted by Crippen LogP contribution is -1.85. The van der Waals surface area contributed by atoms with Crippen molar-refractivity contribution in [2.75, 3.05) is 0 Å². The van der Waals surface area contributed by atoms with Crippen LogP contribution in [-0.2, 0) is 0 Å². The molecule has 0 bridgehead atoms. The lowest BCUT2D eigenvalue weighted by molar-refractivity contribution is 0.560. The molecule has 0 spiro atoms. The fraction of sp³-hybridized carbons (Fsp3) is 0. The number of hydrogen-bond acceptors (Lipinski definition) is 2. The van der Waals surface area contributed by atoms with Gasteiger partial charge in [0.2, 0.25) is 5.95 Å². The Balaban J connectivity index is 3.03. The first-order valence-corrected chi connectivity index (χ1v) is 2.65. The van der Waals surface area contributed by atoms with Crippen molar-refractivity contribution in [2.24, 2.45) is 0 Å². The molecule has 0 N–H and O–H groups in total. The molecule has 0 fully saturated rings. The van der Waals surface area contributed by atoms with Crippen molar-refractivity contribution in [3.63, 3.8) is 0 Å². The highest BCUT2D eigenvalue weighted by Crippen LogP contribution is 2.00. The van der Waals surface area contributed by atoms with Gasteiger partial charge in [0.1, 0.15) is 4.60 Å². The Morgan fingerprint density at radius 3 is 2.75 bits per heavy atom. The van der Waals surface area contributed by atoms with Gasteiger partial charge in [0, 0.05) is 12.1 Å². The zero-order valence-electron chi connectivity index (χ0n) is 3.73. The van der Waals surface area contributed by atoms with Crippen molar-refractivity contribution in [3.05, 3.63) is 22.7 Å². The van der Waals surface area contributed by atoms with Crippen molar-refractivity contribution in [3.8, 4) is 0 Å². The first-order chi connectivity index (χ1) is 3.79. The van der Waals surface area contributed by atoms with Gasteiger partial charge in [0.25, 0.3) is 0 Å². The molecule has 0 saturated heterocycles. The fourth-order valence-corrected chi connectivity index (χ4v) is 0.462. The lowest BCUT2D eigenvalue weighted by Gasteiger charge is -1.82. The van der Waals surface area contributed by atoms with E-state index in [2.05, 4.69) is 32.2 Å². The minimum atomic E-state index is -0.617. The molecule has 0 amide bonds. The van der Waals surface area contributed by atoms with Crippen LogP contribution in [0.1, 0.15) is 0 Å². The second-order valence-electron chi connectivity index (χ2n) is 1.10. The van der Waals surface area contributed by atoms with Gasteiger partial charge in [0.15, 0.2) is 0 Å². The summed E-state index contributed by atoms with van der Waals surface area (Å²) in [7, 11) is 0. The molecule has 0 aromatic carbocycles. The van der Waals surface area contributed by atoms with E-state index in [1.807, 2.05) is 0 Å². The second-order valence-corrected chi connectivity index (χ2v) is 1.85. The summed E-state index contributed by atoms with van der Waals surface area (Å²) in [6.07, 6.45) is 0. The average molecular weight is 176 g/mol. The van der Waals surface area contributed by atoms with E-state index in [-0.39, 0.29) is 0 Å². The van der Waals surface area contributed by atoms with Crippen LogP contribution in [0.5, 0.6) is 0 Å². The molecule has 0 aliphatic heterocycles. The van der Waals surface area contributed by atoms with Crippen molar-refractivity contribution in [1.82, 2.24) is 10.2 Å². The first-order valence-electron chi connectivity index (χ1n) is 1.85. The third-order valence-electron chi connectivity index (χ3n) is 0.544. The zero-order valence-corrected chi connectivity index (χ0v) is 5.31. The predicted octanol–water partition coefficient (Wildman–Crippen LogP) is 1.18.